The normalized spacial score (nSPS) is 24.8. The minimum absolute atomic E-state index is 0.138. The van der Waals surface area contributed by atoms with Crippen molar-refractivity contribution in [3.63, 3.8) is 0 Å². The molecule has 1 fully saturated rings. The van der Waals surface area contributed by atoms with Crippen molar-refractivity contribution in [2.45, 2.75) is 38.0 Å². The zero-order chi connectivity index (χ0) is 10.6. The predicted molar refractivity (Wildman–Crippen MR) is 61.4 cm³/mol. The Kier molecular flexibility index (Phi) is 4.75. The van der Waals surface area contributed by atoms with Crippen molar-refractivity contribution >= 4 is 17.7 Å². The van der Waals surface area contributed by atoms with Crippen LogP contribution in [-0.2, 0) is 4.79 Å². The zero-order valence-electron chi connectivity index (χ0n) is 9.03. The number of amides is 1. The Morgan fingerprint density at radius 3 is 3.00 bits per heavy atom. The molecule has 2 atom stereocenters. The first-order valence-electron chi connectivity index (χ1n) is 5.31. The summed E-state index contributed by atoms with van der Waals surface area (Å²) in [6, 6.07) is -0.282. The highest BCUT2D eigenvalue weighted by molar-refractivity contribution is 7.99. The Balaban J connectivity index is 2.42. The van der Waals surface area contributed by atoms with Gasteiger partial charge in [0.15, 0.2) is 0 Å². The molecule has 82 valence electrons. The van der Waals surface area contributed by atoms with Gasteiger partial charge < -0.3 is 10.6 Å². The van der Waals surface area contributed by atoms with Crippen LogP contribution in [0.15, 0.2) is 0 Å². The minimum atomic E-state index is -0.282. The zero-order valence-corrected chi connectivity index (χ0v) is 9.85. The molecule has 3 nitrogen and oxygen atoms in total. The van der Waals surface area contributed by atoms with E-state index >= 15 is 0 Å². The molecule has 0 aromatic heterocycles. The van der Waals surface area contributed by atoms with Gasteiger partial charge in [-0.15, -0.1) is 0 Å². The van der Waals surface area contributed by atoms with Crippen molar-refractivity contribution in [3.05, 3.63) is 0 Å². The molecule has 0 spiro atoms. The van der Waals surface area contributed by atoms with E-state index in [2.05, 4.69) is 13.8 Å². The first-order chi connectivity index (χ1) is 6.65. The molecule has 0 saturated carbocycles. The lowest BCUT2D eigenvalue weighted by Gasteiger charge is -2.32. The van der Waals surface area contributed by atoms with Crippen LogP contribution in [0.25, 0.3) is 0 Å². The van der Waals surface area contributed by atoms with Gasteiger partial charge >= 0.3 is 0 Å². The topological polar surface area (TPSA) is 46.3 Å². The van der Waals surface area contributed by atoms with Crippen molar-refractivity contribution < 1.29 is 4.79 Å². The third-order valence-electron chi connectivity index (χ3n) is 2.47. The summed E-state index contributed by atoms with van der Waals surface area (Å²) < 4.78 is 0. The lowest BCUT2D eigenvalue weighted by molar-refractivity contribution is -0.132. The average Bonchev–Trinajstić information content (AvgIpc) is 2.17. The summed E-state index contributed by atoms with van der Waals surface area (Å²) in [5.74, 6) is 1.19. The quantitative estimate of drug-likeness (QED) is 0.768. The number of carbonyl (C=O) groups is 1. The average molecular weight is 216 g/mol. The fraction of sp³-hybridized carbons (Fsp3) is 0.900. The fourth-order valence-corrected chi connectivity index (χ4v) is 2.70. The monoisotopic (exact) mass is 216 g/mol. The molecule has 2 unspecified atom stereocenters. The van der Waals surface area contributed by atoms with E-state index in [1.165, 1.54) is 0 Å². The number of nitrogens with two attached hydrogens (primary N) is 1. The van der Waals surface area contributed by atoms with Gasteiger partial charge in [0.2, 0.25) is 5.91 Å². The Labute approximate surface area is 90.4 Å². The van der Waals surface area contributed by atoms with Gasteiger partial charge in [-0.05, 0) is 6.42 Å². The maximum atomic E-state index is 11.8. The summed E-state index contributed by atoms with van der Waals surface area (Å²) in [7, 11) is 0. The van der Waals surface area contributed by atoms with Crippen molar-refractivity contribution in [2.24, 2.45) is 5.73 Å². The van der Waals surface area contributed by atoms with Crippen LogP contribution in [0, 0.1) is 0 Å². The maximum absolute atomic E-state index is 11.8. The van der Waals surface area contributed by atoms with Crippen LogP contribution in [0.2, 0.25) is 0 Å². The summed E-state index contributed by atoms with van der Waals surface area (Å²) in [6.07, 6.45) is 1.78. The van der Waals surface area contributed by atoms with Crippen molar-refractivity contribution in [2.75, 3.05) is 18.8 Å². The van der Waals surface area contributed by atoms with Crippen LogP contribution in [0.1, 0.15) is 26.7 Å². The Bertz CT molecular complexity index is 199. The van der Waals surface area contributed by atoms with E-state index in [1.807, 2.05) is 16.7 Å². The molecule has 0 aromatic rings. The Morgan fingerprint density at radius 2 is 2.43 bits per heavy atom. The highest BCUT2D eigenvalue weighted by Crippen LogP contribution is 2.18. The molecule has 1 aliphatic rings. The molecule has 1 heterocycles. The largest absolute Gasteiger partial charge is 0.339 e. The summed E-state index contributed by atoms with van der Waals surface area (Å²) in [4.78, 5) is 13.7. The van der Waals surface area contributed by atoms with Gasteiger partial charge in [-0.25, -0.2) is 0 Å². The van der Waals surface area contributed by atoms with E-state index in [1.54, 1.807) is 0 Å². The summed E-state index contributed by atoms with van der Waals surface area (Å²) in [5.41, 5.74) is 5.81. The Morgan fingerprint density at radius 1 is 1.71 bits per heavy atom. The highest BCUT2D eigenvalue weighted by atomic mass is 32.2. The van der Waals surface area contributed by atoms with Crippen molar-refractivity contribution in [3.8, 4) is 0 Å². The molecule has 4 heteroatoms. The van der Waals surface area contributed by atoms with Gasteiger partial charge in [-0.2, -0.15) is 11.8 Å². The van der Waals surface area contributed by atoms with E-state index < -0.39 is 0 Å². The second-order valence-electron chi connectivity index (χ2n) is 3.86. The first-order valence-corrected chi connectivity index (χ1v) is 6.36. The van der Waals surface area contributed by atoms with E-state index in [0.717, 1.165) is 31.7 Å². The van der Waals surface area contributed by atoms with Crippen LogP contribution < -0.4 is 5.73 Å². The third-order valence-corrected chi connectivity index (χ3v) is 3.61. The SMILES string of the molecule is CCCC(N)C(=O)N1CCSC(C)C1. The molecular weight excluding hydrogens is 196 g/mol. The molecule has 2 N–H and O–H groups in total. The molecule has 0 radical (unpaired) electrons. The van der Waals surface area contributed by atoms with Gasteiger partial charge in [0.25, 0.3) is 0 Å². The van der Waals surface area contributed by atoms with Gasteiger partial charge in [0.1, 0.15) is 0 Å². The molecule has 1 aliphatic heterocycles. The molecule has 14 heavy (non-hydrogen) atoms. The molecule has 1 amide bonds. The molecular formula is C10H20N2OS. The van der Waals surface area contributed by atoms with Crippen LogP contribution >= 0.6 is 11.8 Å². The molecule has 0 aliphatic carbocycles. The van der Waals surface area contributed by atoms with Crippen LogP contribution in [0.4, 0.5) is 0 Å². The Hall–Kier alpha value is -0.220. The summed E-state index contributed by atoms with van der Waals surface area (Å²) in [5, 5.41) is 0.557. The first kappa shape index (κ1) is 11.9. The van der Waals surface area contributed by atoms with Crippen LogP contribution in [0.3, 0.4) is 0 Å². The fourth-order valence-electron chi connectivity index (χ4n) is 1.69. The maximum Gasteiger partial charge on any atom is 0.239 e. The van der Waals surface area contributed by atoms with Crippen LogP contribution in [-0.4, -0.2) is 40.9 Å². The summed E-state index contributed by atoms with van der Waals surface area (Å²) in [6.45, 7) is 5.95. The number of rotatable bonds is 3. The van der Waals surface area contributed by atoms with E-state index in [0.29, 0.717) is 5.25 Å². The van der Waals surface area contributed by atoms with E-state index in [9.17, 15) is 4.79 Å². The lowest BCUT2D eigenvalue weighted by Crippen LogP contribution is -2.48. The van der Waals surface area contributed by atoms with E-state index in [4.69, 9.17) is 5.73 Å². The van der Waals surface area contributed by atoms with Crippen molar-refractivity contribution in [1.82, 2.24) is 4.90 Å². The second-order valence-corrected chi connectivity index (χ2v) is 5.41. The predicted octanol–water partition coefficient (Wildman–Crippen LogP) is 1.08. The molecule has 1 rings (SSSR count). The lowest BCUT2D eigenvalue weighted by atomic mass is 10.1. The standard InChI is InChI=1S/C10H20N2OS/c1-3-4-9(11)10(13)12-5-6-14-8(2)7-12/h8-9H,3-7,11H2,1-2H3. The van der Waals surface area contributed by atoms with Gasteiger partial charge in [-0.1, -0.05) is 20.3 Å². The summed E-state index contributed by atoms with van der Waals surface area (Å²) >= 11 is 1.93. The van der Waals surface area contributed by atoms with Gasteiger partial charge in [0.05, 0.1) is 6.04 Å². The molecule has 0 bridgehead atoms. The molecule has 0 aromatic carbocycles. The number of thioether (sulfide) groups is 1. The van der Waals surface area contributed by atoms with Crippen LogP contribution in [0.5, 0.6) is 0 Å². The van der Waals surface area contributed by atoms with Crippen molar-refractivity contribution in [1.29, 1.82) is 0 Å². The number of hydrogen-bond donors (Lipinski definition) is 1. The minimum Gasteiger partial charge on any atom is -0.339 e. The second kappa shape index (κ2) is 5.61. The number of nitrogens with zero attached hydrogens (tertiary/aromatic N) is 1. The van der Waals surface area contributed by atoms with Gasteiger partial charge in [0, 0.05) is 24.1 Å². The smallest absolute Gasteiger partial charge is 0.239 e. The highest BCUT2D eigenvalue weighted by Gasteiger charge is 2.24. The number of carbonyl (C=O) groups excluding carboxylic acids is 1. The van der Waals surface area contributed by atoms with Gasteiger partial charge in [-0.3, -0.25) is 4.79 Å². The number of hydrogen-bond acceptors (Lipinski definition) is 3. The molecule has 1 saturated heterocycles. The third kappa shape index (κ3) is 3.17. The van der Waals surface area contributed by atoms with E-state index in [-0.39, 0.29) is 11.9 Å².